The predicted molar refractivity (Wildman–Crippen MR) is 113 cm³/mol. The van der Waals surface area contributed by atoms with Crippen LogP contribution in [0.2, 0.25) is 0 Å². The first kappa shape index (κ1) is 22.3. The van der Waals surface area contributed by atoms with Crippen LogP contribution in [-0.4, -0.2) is 49.0 Å². The largest absolute Gasteiger partial charge is 0.389 e. The molecule has 0 bridgehead atoms. The number of hydrogen-bond donors (Lipinski definition) is 1. The standard InChI is InChI=1S/C21H26BrNO3.ClH/c1-16(17-5-3-2-4-6-17)26-15-20(24)13-23-11-12-25-21(14-23)18-7-9-19(22)10-8-18;/h2-10,16,20-21,24H,11-15H2,1H3;1H. The van der Waals surface area contributed by atoms with Crippen molar-refractivity contribution in [1.82, 2.24) is 4.90 Å². The Balaban J connectivity index is 0.00000261. The summed E-state index contributed by atoms with van der Waals surface area (Å²) in [5.41, 5.74) is 2.29. The van der Waals surface area contributed by atoms with E-state index in [4.69, 9.17) is 9.47 Å². The van der Waals surface area contributed by atoms with E-state index in [2.05, 4.69) is 33.0 Å². The number of nitrogens with zero attached hydrogens (tertiary/aromatic N) is 1. The van der Waals surface area contributed by atoms with Crippen LogP contribution in [-0.2, 0) is 9.47 Å². The van der Waals surface area contributed by atoms with E-state index >= 15 is 0 Å². The summed E-state index contributed by atoms with van der Waals surface area (Å²) < 4.78 is 12.8. The maximum absolute atomic E-state index is 10.4. The van der Waals surface area contributed by atoms with Gasteiger partial charge in [0.25, 0.3) is 0 Å². The van der Waals surface area contributed by atoms with Crippen LogP contribution in [0.25, 0.3) is 0 Å². The van der Waals surface area contributed by atoms with Crippen LogP contribution in [0.5, 0.6) is 0 Å². The number of rotatable bonds is 7. The molecule has 0 spiro atoms. The fraction of sp³-hybridized carbons (Fsp3) is 0.429. The molecule has 1 saturated heterocycles. The molecule has 0 amide bonds. The number of aliphatic hydroxyl groups is 1. The second-order valence-electron chi connectivity index (χ2n) is 6.71. The molecular weight excluding hydrogens is 430 g/mol. The topological polar surface area (TPSA) is 41.9 Å². The molecular formula is C21H27BrClNO3. The minimum Gasteiger partial charge on any atom is -0.389 e. The van der Waals surface area contributed by atoms with Crippen molar-refractivity contribution in [3.63, 3.8) is 0 Å². The van der Waals surface area contributed by atoms with E-state index in [1.807, 2.05) is 49.4 Å². The minimum atomic E-state index is -0.509. The summed E-state index contributed by atoms with van der Waals surface area (Å²) in [6.45, 7) is 5.23. The Morgan fingerprint density at radius 2 is 1.89 bits per heavy atom. The van der Waals surface area contributed by atoms with Crippen molar-refractivity contribution in [2.45, 2.75) is 25.2 Å². The van der Waals surface area contributed by atoms with Crippen molar-refractivity contribution in [2.75, 3.05) is 32.8 Å². The normalized spacial score (nSPS) is 19.9. The fourth-order valence-corrected chi connectivity index (χ4v) is 3.44. The van der Waals surface area contributed by atoms with Gasteiger partial charge in [-0.05, 0) is 30.2 Å². The Bertz CT molecular complexity index is 671. The number of aliphatic hydroxyl groups excluding tert-OH is 1. The molecule has 0 radical (unpaired) electrons. The number of morpholine rings is 1. The molecule has 1 fully saturated rings. The average molecular weight is 457 g/mol. The Morgan fingerprint density at radius 3 is 2.59 bits per heavy atom. The first-order chi connectivity index (χ1) is 12.6. The van der Waals surface area contributed by atoms with Crippen molar-refractivity contribution in [3.05, 3.63) is 70.2 Å². The molecule has 1 aliphatic heterocycles. The third-order valence-corrected chi connectivity index (χ3v) is 5.20. The second-order valence-corrected chi connectivity index (χ2v) is 7.63. The third kappa shape index (κ3) is 6.86. The molecule has 3 atom stereocenters. The summed E-state index contributed by atoms with van der Waals surface area (Å²) in [5.74, 6) is 0. The SMILES string of the molecule is CC(OCC(O)CN1CCOC(c2ccc(Br)cc2)C1)c1ccccc1.Cl. The zero-order chi connectivity index (χ0) is 18.4. The first-order valence-electron chi connectivity index (χ1n) is 9.06. The number of ether oxygens (including phenoxy) is 2. The zero-order valence-corrected chi connectivity index (χ0v) is 17.9. The Morgan fingerprint density at radius 1 is 1.19 bits per heavy atom. The maximum Gasteiger partial charge on any atom is 0.0952 e. The highest BCUT2D eigenvalue weighted by Gasteiger charge is 2.24. The molecule has 0 saturated carbocycles. The number of β-amino-alcohol motifs (C(OH)–C–C–N with tert-alkyl or cyclic N) is 1. The second kappa shape index (κ2) is 11.1. The predicted octanol–water partition coefficient (Wildman–Crippen LogP) is 4.38. The summed E-state index contributed by atoms with van der Waals surface area (Å²) in [6.07, 6.45) is -0.482. The van der Waals surface area contributed by atoms with Gasteiger partial charge in [-0.2, -0.15) is 0 Å². The molecule has 2 aromatic carbocycles. The lowest BCUT2D eigenvalue weighted by molar-refractivity contribution is -0.0593. The monoisotopic (exact) mass is 455 g/mol. The van der Waals surface area contributed by atoms with Crippen LogP contribution >= 0.6 is 28.3 Å². The van der Waals surface area contributed by atoms with Gasteiger partial charge in [0.2, 0.25) is 0 Å². The highest BCUT2D eigenvalue weighted by Crippen LogP contribution is 2.24. The highest BCUT2D eigenvalue weighted by atomic mass is 79.9. The van der Waals surface area contributed by atoms with Crippen LogP contribution in [0.3, 0.4) is 0 Å². The van der Waals surface area contributed by atoms with Gasteiger partial charge < -0.3 is 14.6 Å². The van der Waals surface area contributed by atoms with Gasteiger partial charge in [-0.15, -0.1) is 12.4 Å². The van der Waals surface area contributed by atoms with Crippen LogP contribution in [0, 0.1) is 0 Å². The van der Waals surface area contributed by atoms with Crippen LogP contribution in [0.1, 0.15) is 30.3 Å². The van der Waals surface area contributed by atoms with Gasteiger partial charge in [-0.1, -0.05) is 58.4 Å². The van der Waals surface area contributed by atoms with Crippen molar-refractivity contribution in [2.24, 2.45) is 0 Å². The summed E-state index contributed by atoms with van der Waals surface area (Å²) in [5, 5.41) is 10.4. The van der Waals surface area contributed by atoms with Crippen molar-refractivity contribution < 1.29 is 14.6 Å². The van der Waals surface area contributed by atoms with Gasteiger partial charge in [-0.25, -0.2) is 0 Å². The smallest absolute Gasteiger partial charge is 0.0952 e. The van der Waals surface area contributed by atoms with Crippen molar-refractivity contribution in [1.29, 1.82) is 0 Å². The zero-order valence-electron chi connectivity index (χ0n) is 15.5. The van der Waals surface area contributed by atoms with E-state index in [0.717, 1.165) is 23.1 Å². The number of hydrogen-bond acceptors (Lipinski definition) is 4. The molecule has 3 unspecified atom stereocenters. The molecule has 0 aromatic heterocycles. The molecule has 2 aromatic rings. The van der Waals surface area contributed by atoms with Crippen LogP contribution in [0.15, 0.2) is 59.1 Å². The van der Waals surface area contributed by atoms with Gasteiger partial charge >= 0.3 is 0 Å². The van der Waals surface area contributed by atoms with Crippen LogP contribution in [0.4, 0.5) is 0 Å². The molecule has 1 aliphatic rings. The molecule has 4 nitrogen and oxygen atoms in total. The van der Waals surface area contributed by atoms with E-state index in [1.165, 1.54) is 5.56 Å². The van der Waals surface area contributed by atoms with Crippen molar-refractivity contribution in [3.8, 4) is 0 Å². The van der Waals surface area contributed by atoms with E-state index in [-0.39, 0.29) is 24.6 Å². The lowest BCUT2D eigenvalue weighted by Gasteiger charge is -2.34. The van der Waals surface area contributed by atoms with E-state index < -0.39 is 6.10 Å². The molecule has 1 N–H and O–H groups in total. The molecule has 0 aliphatic carbocycles. The maximum atomic E-state index is 10.4. The Labute approximate surface area is 176 Å². The van der Waals surface area contributed by atoms with E-state index in [1.54, 1.807) is 0 Å². The number of benzene rings is 2. The van der Waals surface area contributed by atoms with Gasteiger partial charge in [0.1, 0.15) is 0 Å². The molecule has 3 rings (SSSR count). The molecule has 27 heavy (non-hydrogen) atoms. The molecule has 6 heteroatoms. The van der Waals surface area contributed by atoms with Gasteiger partial charge in [-0.3, -0.25) is 4.90 Å². The summed E-state index contributed by atoms with van der Waals surface area (Å²) >= 11 is 3.46. The van der Waals surface area contributed by atoms with Gasteiger partial charge in [0, 0.05) is 24.1 Å². The van der Waals surface area contributed by atoms with Gasteiger partial charge in [0.05, 0.1) is 31.5 Å². The highest BCUT2D eigenvalue weighted by molar-refractivity contribution is 9.10. The van der Waals surface area contributed by atoms with E-state index in [9.17, 15) is 5.11 Å². The minimum absolute atomic E-state index is 0. The number of halogens is 2. The summed E-state index contributed by atoms with van der Waals surface area (Å²) in [4.78, 5) is 2.25. The third-order valence-electron chi connectivity index (χ3n) is 4.67. The van der Waals surface area contributed by atoms with Crippen LogP contribution < -0.4 is 0 Å². The molecule has 1 heterocycles. The summed E-state index contributed by atoms with van der Waals surface area (Å²) in [7, 11) is 0. The average Bonchev–Trinajstić information content (AvgIpc) is 2.67. The molecule has 148 valence electrons. The quantitative estimate of drug-likeness (QED) is 0.671. The lowest BCUT2D eigenvalue weighted by Crippen LogP contribution is -2.43. The summed E-state index contributed by atoms with van der Waals surface area (Å²) in [6, 6.07) is 18.3. The first-order valence-corrected chi connectivity index (χ1v) is 9.85. The fourth-order valence-electron chi connectivity index (χ4n) is 3.17. The van der Waals surface area contributed by atoms with E-state index in [0.29, 0.717) is 19.8 Å². The Hall–Kier alpha value is -0.950. The van der Waals surface area contributed by atoms with Gasteiger partial charge in [0.15, 0.2) is 0 Å². The van der Waals surface area contributed by atoms with Crippen molar-refractivity contribution >= 4 is 28.3 Å². The lowest BCUT2D eigenvalue weighted by atomic mass is 10.1. The Kier molecular flexibility index (Phi) is 9.22.